The number of hydrogen-bond donors (Lipinski definition) is 1. The fourth-order valence-electron chi connectivity index (χ4n) is 3.43. The van der Waals surface area contributed by atoms with Crippen molar-refractivity contribution < 1.29 is 9.50 Å². The molecule has 0 aliphatic heterocycles. The Morgan fingerprint density at radius 2 is 2.00 bits per heavy atom. The van der Waals surface area contributed by atoms with Crippen molar-refractivity contribution >= 4 is 11.6 Å². The molecule has 0 saturated heterocycles. The van der Waals surface area contributed by atoms with E-state index < -0.39 is 5.82 Å². The molecule has 1 aliphatic carbocycles. The highest BCUT2D eigenvalue weighted by atomic mass is 35.5. The average molecular weight is 313 g/mol. The molecule has 0 radical (unpaired) electrons. The predicted molar refractivity (Wildman–Crippen MR) is 86.1 cm³/mol. The Morgan fingerprint density at radius 1 is 1.29 bits per heavy atom. The molecule has 1 unspecified atom stereocenters. The van der Waals surface area contributed by atoms with Crippen molar-refractivity contribution in [3.05, 3.63) is 34.6 Å². The van der Waals surface area contributed by atoms with E-state index in [1.807, 2.05) is 6.07 Å². The predicted octanol–water partition coefficient (Wildman–Crippen LogP) is 5.38. The second kappa shape index (κ2) is 8.14. The van der Waals surface area contributed by atoms with Crippen LogP contribution in [0.25, 0.3) is 0 Å². The zero-order valence-electron chi connectivity index (χ0n) is 12.8. The Kier molecular flexibility index (Phi) is 6.50. The van der Waals surface area contributed by atoms with Crippen molar-refractivity contribution in [2.75, 3.05) is 0 Å². The molecule has 1 N–H and O–H groups in total. The Labute approximate surface area is 132 Å². The van der Waals surface area contributed by atoms with Gasteiger partial charge in [0.25, 0.3) is 0 Å². The van der Waals surface area contributed by atoms with Crippen LogP contribution in [-0.4, -0.2) is 11.2 Å². The summed E-state index contributed by atoms with van der Waals surface area (Å²) < 4.78 is 13.4. The Hall–Kier alpha value is -0.600. The number of halogens is 2. The van der Waals surface area contributed by atoms with Gasteiger partial charge in [-0.2, -0.15) is 0 Å². The molecule has 1 nitrogen and oxygen atoms in total. The lowest BCUT2D eigenvalue weighted by Crippen LogP contribution is -2.27. The van der Waals surface area contributed by atoms with Crippen molar-refractivity contribution in [1.82, 2.24) is 0 Å². The van der Waals surface area contributed by atoms with Crippen molar-refractivity contribution in [3.8, 4) is 0 Å². The molecule has 3 heteroatoms. The first-order valence-electron chi connectivity index (χ1n) is 8.22. The van der Waals surface area contributed by atoms with Crippen LogP contribution in [0.4, 0.5) is 4.39 Å². The van der Waals surface area contributed by atoms with E-state index >= 15 is 0 Å². The summed E-state index contributed by atoms with van der Waals surface area (Å²) in [6.45, 7) is 2.24. The maximum atomic E-state index is 13.4. The molecule has 1 aliphatic rings. The molecule has 118 valence electrons. The van der Waals surface area contributed by atoms with Crippen LogP contribution in [0.2, 0.25) is 5.02 Å². The highest BCUT2D eigenvalue weighted by Crippen LogP contribution is 2.34. The average Bonchev–Trinajstić information content (AvgIpc) is 2.49. The molecule has 0 amide bonds. The van der Waals surface area contributed by atoms with Crippen LogP contribution >= 0.6 is 11.6 Å². The summed E-state index contributed by atoms with van der Waals surface area (Å²) in [5, 5.41) is 10.5. The summed E-state index contributed by atoms with van der Waals surface area (Å²) >= 11 is 5.69. The Balaban J connectivity index is 1.81. The van der Waals surface area contributed by atoms with Crippen molar-refractivity contribution in [2.24, 2.45) is 11.8 Å². The topological polar surface area (TPSA) is 20.2 Å². The van der Waals surface area contributed by atoms with Crippen LogP contribution in [0.15, 0.2) is 18.2 Å². The molecule has 0 heterocycles. The maximum Gasteiger partial charge on any atom is 0.142 e. The third-order valence-electron chi connectivity index (χ3n) is 4.83. The van der Waals surface area contributed by atoms with Crippen molar-refractivity contribution in [1.29, 1.82) is 0 Å². The SMILES string of the molecule is CCCCC1CCC(C(O)Cc2ccc(Cl)c(F)c2)CC1. The molecular formula is C18H26ClFO. The normalized spacial score (nSPS) is 24.0. The number of benzene rings is 1. The highest BCUT2D eigenvalue weighted by molar-refractivity contribution is 6.30. The van der Waals surface area contributed by atoms with Crippen molar-refractivity contribution in [3.63, 3.8) is 0 Å². The van der Waals surface area contributed by atoms with Crippen LogP contribution in [0.3, 0.4) is 0 Å². The van der Waals surface area contributed by atoms with Gasteiger partial charge in [0.1, 0.15) is 5.82 Å². The minimum Gasteiger partial charge on any atom is -0.392 e. The first-order chi connectivity index (χ1) is 10.1. The monoisotopic (exact) mass is 312 g/mol. The van der Waals surface area contributed by atoms with E-state index in [0.717, 1.165) is 24.3 Å². The van der Waals surface area contributed by atoms with Crippen LogP contribution in [-0.2, 0) is 6.42 Å². The smallest absolute Gasteiger partial charge is 0.142 e. The minimum absolute atomic E-state index is 0.143. The van der Waals surface area contributed by atoms with Crippen LogP contribution < -0.4 is 0 Å². The van der Waals surface area contributed by atoms with E-state index in [2.05, 4.69) is 6.92 Å². The fourth-order valence-corrected chi connectivity index (χ4v) is 3.55. The van der Waals surface area contributed by atoms with Gasteiger partial charge in [0, 0.05) is 0 Å². The van der Waals surface area contributed by atoms with Gasteiger partial charge < -0.3 is 5.11 Å². The van der Waals surface area contributed by atoms with Crippen LogP contribution in [0.5, 0.6) is 0 Å². The number of aliphatic hydroxyl groups excluding tert-OH is 1. The van der Waals surface area contributed by atoms with Gasteiger partial charge >= 0.3 is 0 Å². The first kappa shape index (κ1) is 16.8. The van der Waals surface area contributed by atoms with E-state index in [9.17, 15) is 9.50 Å². The van der Waals surface area contributed by atoms with Gasteiger partial charge in [-0.25, -0.2) is 4.39 Å². The zero-order valence-corrected chi connectivity index (χ0v) is 13.6. The van der Waals surface area contributed by atoms with Gasteiger partial charge in [-0.1, -0.05) is 56.7 Å². The minimum atomic E-state index is -0.398. The number of aliphatic hydroxyl groups is 1. The van der Waals surface area contributed by atoms with E-state index in [1.165, 1.54) is 38.2 Å². The van der Waals surface area contributed by atoms with Gasteiger partial charge in [-0.15, -0.1) is 0 Å². The van der Waals surface area contributed by atoms with E-state index in [4.69, 9.17) is 11.6 Å². The molecule has 1 fully saturated rings. The van der Waals surface area contributed by atoms with Crippen LogP contribution in [0, 0.1) is 17.7 Å². The second-order valence-electron chi connectivity index (χ2n) is 6.44. The summed E-state index contributed by atoms with van der Waals surface area (Å²) in [6, 6.07) is 4.82. The Morgan fingerprint density at radius 3 is 2.62 bits per heavy atom. The van der Waals surface area contributed by atoms with Gasteiger partial charge in [0.05, 0.1) is 11.1 Å². The fraction of sp³-hybridized carbons (Fsp3) is 0.667. The van der Waals surface area contributed by atoms with Gasteiger partial charge in [-0.3, -0.25) is 0 Å². The lowest BCUT2D eigenvalue weighted by molar-refractivity contribution is 0.0726. The largest absolute Gasteiger partial charge is 0.392 e. The summed E-state index contributed by atoms with van der Waals surface area (Å²) in [6.07, 6.45) is 8.76. The zero-order chi connectivity index (χ0) is 15.2. The molecule has 1 saturated carbocycles. The van der Waals surface area contributed by atoms with E-state index in [0.29, 0.717) is 12.3 Å². The number of unbranched alkanes of at least 4 members (excludes halogenated alkanes) is 1. The van der Waals surface area contributed by atoms with Gasteiger partial charge in [0.15, 0.2) is 0 Å². The third-order valence-corrected chi connectivity index (χ3v) is 5.14. The summed E-state index contributed by atoms with van der Waals surface area (Å²) in [4.78, 5) is 0. The Bertz CT molecular complexity index is 441. The van der Waals surface area contributed by atoms with Gasteiger partial charge in [0.2, 0.25) is 0 Å². The number of rotatable bonds is 6. The lowest BCUT2D eigenvalue weighted by atomic mass is 9.76. The molecule has 2 rings (SSSR count). The van der Waals surface area contributed by atoms with Crippen LogP contribution in [0.1, 0.15) is 57.4 Å². The second-order valence-corrected chi connectivity index (χ2v) is 6.85. The summed E-state index contributed by atoms with van der Waals surface area (Å²) in [7, 11) is 0. The molecule has 0 spiro atoms. The molecule has 21 heavy (non-hydrogen) atoms. The maximum absolute atomic E-state index is 13.4. The molecule has 1 aromatic carbocycles. The van der Waals surface area contributed by atoms with Gasteiger partial charge in [-0.05, 0) is 48.8 Å². The quantitative estimate of drug-likeness (QED) is 0.747. The standard InChI is InChI=1S/C18H26ClFO/c1-2-3-4-13-5-8-15(9-6-13)18(21)12-14-7-10-16(19)17(20)11-14/h7,10-11,13,15,18,21H,2-6,8-9,12H2,1H3. The molecular weight excluding hydrogens is 287 g/mol. The summed E-state index contributed by atoms with van der Waals surface area (Å²) in [5.41, 5.74) is 0.831. The molecule has 0 bridgehead atoms. The van der Waals surface area contributed by atoms with E-state index in [-0.39, 0.29) is 11.1 Å². The number of hydrogen-bond acceptors (Lipinski definition) is 1. The molecule has 1 atom stereocenters. The molecule has 1 aromatic rings. The lowest BCUT2D eigenvalue weighted by Gasteiger charge is -2.31. The summed E-state index contributed by atoms with van der Waals surface area (Å²) in [5.74, 6) is 0.813. The molecule has 0 aromatic heterocycles. The highest BCUT2D eigenvalue weighted by Gasteiger charge is 2.26. The van der Waals surface area contributed by atoms with Crippen molar-refractivity contribution in [2.45, 2.75) is 64.4 Å². The van der Waals surface area contributed by atoms with E-state index in [1.54, 1.807) is 6.07 Å². The first-order valence-corrected chi connectivity index (χ1v) is 8.60. The third kappa shape index (κ3) is 4.96.